The summed E-state index contributed by atoms with van der Waals surface area (Å²) in [6, 6.07) is 19.3. The molecule has 6 heteroatoms. The zero-order valence-electron chi connectivity index (χ0n) is 20.1. The lowest BCUT2D eigenvalue weighted by Gasteiger charge is -2.25. The van der Waals surface area contributed by atoms with Gasteiger partial charge in [0.2, 0.25) is 0 Å². The van der Waals surface area contributed by atoms with E-state index >= 15 is 0 Å². The van der Waals surface area contributed by atoms with Crippen molar-refractivity contribution in [2.45, 2.75) is 45.7 Å². The van der Waals surface area contributed by atoms with Crippen LogP contribution < -0.4 is 4.74 Å². The number of Topliss-reactive ketones (excluding diaryl/α,β-unsaturated/α-hetero) is 1. The minimum Gasteiger partial charge on any atom is -0.507 e. The average Bonchev–Trinajstić information content (AvgIpc) is 3.12. The van der Waals surface area contributed by atoms with E-state index in [-0.39, 0.29) is 17.9 Å². The highest BCUT2D eigenvalue weighted by Gasteiger charge is 2.46. The lowest BCUT2D eigenvalue weighted by atomic mass is 9.94. The Labute approximate surface area is 205 Å². The number of ether oxygens (including phenoxy) is 1. The molecule has 0 saturated carbocycles. The summed E-state index contributed by atoms with van der Waals surface area (Å²) in [4.78, 5) is 32.1. The molecule has 1 aliphatic rings. The van der Waals surface area contributed by atoms with E-state index in [0.717, 1.165) is 30.4 Å². The Hall–Kier alpha value is -3.93. The standard InChI is InChI=1S/C29H30N2O4/c1-3-4-7-17-35-24-14-12-21(13-15-24)27(32)25-26(22-10-8-9-20(2)18-22)31(29(34)28(25)33)19-23-11-5-6-16-30-23/h5-6,8-16,18,26,32H,3-4,7,17,19H2,1-2H3/b27-25-. The summed E-state index contributed by atoms with van der Waals surface area (Å²) >= 11 is 0. The first kappa shape index (κ1) is 24.2. The van der Waals surface area contributed by atoms with Crippen molar-refractivity contribution in [3.63, 3.8) is 0 Å². The number of amides is 1. The zero-order valence-corrected chi connectivity index (χ0v) is 20.1. The van der Waals surface area contributed by atoms with Crippen molar-refractivity contribution in [2.24, 2.45) is 0 Å². The minimum absolute atomic E-state index is 0.0770. The Bertz CT molecular complexity index is 1220. The molecule has 4 rings (SSSR count). The number of pyridine rings is 1. The normalized spacial score (nSPS) is 17.1. The van der Waals surface area contributed by atoms with Gasteiger partial charge in [-0.05, 0) is 55.3 Å². The number of aryl methyl sites for hydroxylation is 1. The molecule has 1 aromatic heterocycles. The van der Waals surface area contributed by atoms with Crippen molar-refractivity contribution in [3.05, 3.63) is 101 Å². The van der Waals surface area contributed by atoms with Crippen molar-refractivity contribution >= 4 is 17.4 Å². The molecule has 0 bridgehead atoms. The molecule has 1 amide bonds. The van der Waals surface area contributed by atoms with Gasteiger partial charge in [0.05, 0.1) is 30.5 Å². The Kier molecular flexibility index (Phi) is 7.60. The molecule has 1 aliphatic heterocycles. The number of unbranched alkanes of at least 4 members (excludes halogenated alkanes) is 2. The van der Waals surface area contributed by atoms with Crippen molar-refractivity contribution in [3.8, 4) is 5.75 Å². The molecule has 1 atom stereocenters. The third kappa shape index (κ3) is 5.43. The number of aromatic nitrogens is 1. The topological polar surface area (TPSA) is 79.7 Å². The summed E-state index contributed by atoms with van der Waals surface area (Å²) in [5.74, 6) is -0.858. The molecule has 0 radical (unpaired) electrons. The zero-order chi connectivity index (χ0) is 24.8. The van der Waals surface area contributed by atoms with Crippen molar-refractivity contribution in [1.82, 2.24) is 9.88 Å². The van der Waals surface area contributed by atoms with E-state index in [1.165, 1.54) is 4.90 Å². The predicted molar refractivity (Wildman–Crippen MR) is 135 cm³/mol. The monoisotopic (exact) mass is 470 g/mol. The fraction of sp³-hybridized carbons (Fsp3) is 0.276. The van der Waals surface area contributed by atoms with Crippen molar-refractivity contribution in [1.29, 1.82) is 0 Å². The number of hydrogen-bond donors (Lipinski definition) is 1. The number of nitrogens with zero attached hydrogens (tertiary/aromatic N) is 2. The van der Waals surface area contributed by atoms with E-state index in [1.54, 1.807) is 36.5 Å². The highest BCUT2D eigenvalue weighted by molar-refractivity contribution is 6.46. The summed E-state index contributed by atoms with van der Waals surface area (Å²) in [7, 11) is 0. The van der Waals surface area contributed by atoms with Crippen LogP contribution >= 0.6 is 0 Å². The van der Waals surface area contributed by atoms with Crippen LogP contribution in [-0.2, 0) is 16.1 Å². The summed E-state index contributed by atoms with van der Waals surface area (Å²) < 4.78 is 5.76. The lowest BCUT2D eigenvalue weighted by Crippen LogP contribution is -2.29. The predicted octanol–water partition coefficient (Wildman–Crippen LogP) is 5.58. The Morgan fingerprint density at radius 3 is 2.51 bits per heavy atom. The molecule has 180 valence electrons. The number of aliphatic hydroxyl groups is 1. The van der Waals surface area contributed by atoms with Gasteiger partial charge in [-0.3, -0.25) is 14.6 Å². The van der Waals surface area contributed by atoms with Crippen LogP contribution in [0.4, 0.5) is 0 Å². The number of likely N-dealkylation sites (tertiary alicyclic amines) is 1. The second-order valence-electron chi connectivity index (χ2n) is 8.74. The average molecular weight is 471 g/mol. The first-order valence-electron chi connectivity index (χ1n) is 12.0. The minimum atomic E-state index is -0.720. The van der Waals surface area contributed by atoms with E-state index in [4.69, 9.17) is 4.74 Å². The second-order valence-corrected chi connectivity index (χ2v) is 8.74. The highest BCUT2D eigenvalue weighted by atomic mass is 16.5. The van der Waals surface area contributed by atoms with Crippen LogP contribution in [0.25, 0.3) is 5.76 Å². The van der Waals surface area contributed by atoms with Gasteiger partial charge in [0.15, 0.2) is 0 Å². The van der Waals surface area contributed by atoms with Crippen LogP contribution in [0.3, 0.4) is 0 Å². The van der Waals surface area contributed by atoms with Crippen LogP contribution in [0.2, 0.25) is 0 Å². The number of rotatable bonds is 9. The van der Waals surface area contributed by atoms with Crippen molar-refractivity contribution < 1.29 is 19.4 Å². The van der Waals surface area contributed by atoms with Crippen LogP contribution in [0, 0.1) is 6.92 Å². The largest absolute Gasteiger partial charge is 0.507 e. The van der Waals surface area contributed by atoms with Gasteiger partial charge in [-0.25, -0.2) is 0 Å². The van der Waals surface area contributed by atoms with E-state index in [9.17, 15) is 14.7 Å². The summed E-state index contributed by atoms with van der Waals surface area (Å²) in [6.07, 6.45) is 4.86. The molecule has 2 heterocycles. The number of aliphatic hydroxyl groups excluding tert-OH is 1. The smallest absolute Gasteiger partial charge is 0.296 e. The molecule has 3 aromatic rings. The SMILES string of the molecule is CCCCCOc1ccc(/C(O)=C2/C(=O)C(=O)N(Cc3ccccn3)C2c2cccc(C)c2)cc1. The number of benzene rings is 2. The molecule has 35 heavy (non-hydrogen) atoms. The molecular weight excluding hydrogens is 440 g/mol. The number of carbonyl (C=O) groups excluding carboxylic acids is 2. The number of ketones is 1. The third-order valence-corrected chi connectivity index (χ3v) is 6.10. The molecule has 2 aromatic carbocycles. The van der Waals surface area contributed by atoms with E-state index in [2.05, 4.69) is 11.9 Å². The maximum atomic E-state index is 13.2. The maximum absolute atomic E-state index is 13.2. The summed E-state index contributed by atoms with van der Waals surface area (Å²) in [5.41, 5.74) is 2.96. The fourth-order valence-corrected chi connectivity index (χ4v) is 4.30. The summed E-state index contributed by atoms with van der Waals surface area (Å²) in [6.45, 7) is 4.88. The molecule has 0 aliphatic carbocycles. The quantitative estimate of drug-likeness (QED) is 0.191. The van der Waals surface area contributed by atoms with E-state index in [1.807, 2.05) is 43.3 Å². The van der Waals surface area contributed by atoms with Gasteiger partial charge in [0.25, 0.3) is 11.7 Å². The second kappa shape index (κ2) is 11.0. The molecule has 6 nitrogen and oxygen atoms in total. The Morgan fingerprint density at radius 2 is 1.83 bits per heavy atom. The van der Waals surface area contributed by atoms with Gasteiger partial charge >= 0.3 is 0 Å². The first-order valence-corrected chi connectivity index (χ1v) is 12.0. The van der Waals surface area contributed by atoms with Crippen molar-refractivity contribution in [2.75, 3.05) is 6.61 Å². The first-order chi connectivity index (χ1) is 17.0. The molecular formula is C29H30N2O4. The van der Waals surface area contributed by atoms with Gasteiger partial charge in [0, 0.05) is 11.8 Å². The van der Waals surface area contributed by atoms with Gasteiger partial charge in [-0.15, -0.1) is 0 Å². The fourth-order valence-electron chi connectivity index (χ4n) is 4.30. The summed E-state index contributed by atoms with van der Waals surface area (Å²) in [5, 5.41) is 11.3. The van der Waals surface area contributed by atoms with E-state index in [0.29, 0.717) is 23.6 Å². The van der Waals surface area contributed by atoms with Crippen LogP contribution in [-0.4, -0.2) is 33.3 Å². The molecule has 1 unspecified atom stereocenters. The van der Waals surface area contributed by atoms with Gasteiger partial charge < -0.3 is 14.7 Å². The third-order valence-electron chi connectivity index (χ3n) is 6.10. The van der Waals surface area contributed by atoms with E-state index < -0.39 is 17.7 Å². The molecule has 1 fully saturated rings. The highest BCUT2D eigenvalue weighted by Crippen LogP contribution is 2.40. The number of hydrogen-bond acceptors (Lipinski definition) is 5. The maximum Gasteiger partial charge on any atom is 0.296 e. The Balaban J connectivity index is 1.70. The van der Waals surface area contributed by atoms with Gasteiger partial charge in [-0.2, -0.15) is 0 Å². The van der Waals surface area contributed by atoms with Gasteiger partial charge in [-0.1, -0.05) is 55.7 Å². The Morgan fingerprint density at radius 1 is 1.03 bits per heavy atom. The number of carbonyl (C=O) groups is 2. The molecule has 1 N–H and O–H groups in total. The van der Waals surface area contributed by atoms with Crippen LogP contribution in [0.1, 0.15) is 54.6 Å². The molecule has 0 spiro atoms. The lowest BCUT2D eigenvalue weighted by molar-refractivity contribution is -0.140. The molecule has 1 saturated heterocycles. The van der Waals surface area contributed by atoms with Gasteiger partial charge in [0.1, 0.15) is 11.5 Å². The van der Waals surface area contributed by atoms with Crippen LogP contribution in [0.15, 0.2) is 78.5 Å². The van der Waals surface area contributed by atoms with Crippen LogP contribution in [0.5, 0.6) is 5.75 Å².